The molecule has 0 aromatic heterocycles. The van der Waals surface area contributed by atoms with E-state index in [1.807, 2.05) is 6.07 Å². The summed E-state index contributed by atoms with van der Waals surface area (Å²) in [6, 6.07) is 10.9. The Labute approximate surface area is 105 Å². The van der Waals surface area contributed by atoms with E-state index >= 15 is 0 Å². The molecule has 0 amide bonds. The molecule has 1 N–H and O–H groups in total. The van der Waals surface area contributed by atoms with Gasteiger partial charge in [-0.15, -0.1) is 0 Å². The highest BCUT2D eigenvalue weighted by molar-refractivity contribution is 5.13. The van der Waals surface area contributed by atoms with E-state index in [-0.39, 0.29) is 0 Å². The fourth-order valence-corrected chi connectivity index (χ4v) is 1.88. The molecule has 0 spiro atoms. The highest BCUT2D eigenvalue weighted by atomic mass is 16.5. The lowest BCUT2D eigenvalue weighted by Gasteiger charge is -2.17. The van der Waals surface area contributed by atoms with Crippen LogP contribution >= 0.6 is 0 Å². The monoisotopic (exact) mass is 235 g/mol. The van der Waals surface area contributed by atoms with Crippen LogP contribution < -0.4 is 5.32 Å². The molecule has 0 radical (unpaired) electrons. The van der Waals surface area contributed by atoms with Crippen molar-refractivity contribution in [1.29, 1.82) is 0 Å². The van der Waals surface area contributed by atoms with Crippen LogP contribution in [0.25, 0.3) is 0 Å². The maximum Gasteiger partial charge on any atom is 0.0717 e. The van der Waals surface area contributed by atoms with Crippen molar-refractivity contribution in [3.8, 4) is 0 Å². The van der Waals surface area contributed by atoms with Gasteiger partial charge < -0.3 is 10.1 Å². The molecule has 0 aliphatic rings. The predicted octanol–water partition coefficient (Wildman–Crippen LogP) is 3.37. The average Bonchev–Trinajstić information content (AvgIpc) is 2.37. The molecular formula is C15H25NO. The maximum atomic E-state index is 5.77. The van der Waals surface area contributed by atoms with E-state index in [2.05, 4.69) is 43.4 Å². The molecule has 0 bridgehead atoms. The molecule has 0 fully saturated rings. The zero-order valence-corrected chi connectivity index (χ0v) is 11.1. The summed E-state index contributed by atoms with van der Waals surface area (Å²) in [5.41, 5.74) is 1.25. The lowest BCUT2D eigenvalue weighted by atomic mass is 10.1. The van der Waals surface area contributed by atoms with Gasteiger partial charge in [0.25, 0.3) is 0 Å². The SMILES string of the molecule is CCCCC(COCc1ccccc1)NCC. The van der Waals surface area contributed by atoms with Gasteiger partial charge in [-0.05, 0) is 18.5 Å². The minimum atomic E-state index is 0.503. The molecule has 2 heteroatoms. The number of hydrogen-bond acceptors (Lipinski definition) is 2. The van der Waals surface area contributed by atoms with E-state index in [1.54, 1.807) is 0 Å². The first-order valence-corrected chi connectivity index (χ1v) is 6.71. The topological polar surface area (TPSA) is 21.3 Å². The third-order valence-corrected chi connectivity index (χ3v) is 2.83. The molecule has 0 saturated heterocycles. The van der Waals surface area contributed by atoms with E-state index in [0.717, 1.165) is 19.8 Å². The van der Waals surface area contributed by atoms with Crippen molar-refractivity contribution in [2.75, 3.05) is 13.2 Å². The molecule has 0 heterocycles. The number of unbranched alkanes of at least 4 members (excludes halogenated alkanes) is 1. The van der Waals surface area contributed by atoms with Crippen molar-refractivity contribution < 1.29 is 4.74 Å². The van der Waals surface area contributed by atoms with Crippen LogP contribution in [0.5, 0.6) is 0 Å². The number of rotatable bonds is 9. The van der Waals surface area contributed by atoms with Crippen molar-refractivity contribution in [2.45, 2.75) is 45.8 Å². The normalized spacial score (nSPS) is 12.6. The Morgan fingerprint density at radius 3 is 2.59 bits per heavy atom. The van der Waals surface area contributed by atoms with E-state index in [4.69, 9.17) is 4.74 Å². The summed E-state index contributed by atoms with van der Waals surface area (Å²) in [6.07, 6.45) is 3.73. The first-order valence-electron chi connectivity index (χ1n) is 6.71. The molecule has 0 aliphatic heterocycles. The Hall–Kier alpha value is -0.860. The third kappa shape index (κ3) is 6.44. The lowest BCUT2D eigenvalue weighted by Crippen LogP contribution is -2.33. The van der Waals surface area contributed by atoms with Crippen molar-refractivity contribution in [2.24, 2.45) is 0 Å². The largest absolute Gasteiger partial charge is 0.375 e. The molecule has 1 aromatic rings. The van der Waals surface area contributed by atoms with Crippen LogP contribution in [0.3, 0.4) is 0 Å². The summed E-state index contributed by atoms with van der Waals surface area (Å²) in [7, 11) is 0. The molecule has 0 saturated carbocycles. The highest BCUT2D eigenvalue weighted by Crippen LogP contribution is 2.04. The van der Waals surface area contributed by atoms with Gasteiger partial charge in [0.1, 0.15) is 0 Å². The van der Waals surface area contributed by atoms with Gasteiger partial charge in [-0.3, -0.25) is 0 Å². The molecule has 1 aromatic carbocycles. The van der Waals surface area contributed by atoms with Crippen molar-refractivity contribution in [3.05, 3.63) is 35.9 Å². The molecule has 1 atom stereocenters. The Morgan fingerprint density at radius 1 is 1.18 bits per heavy atom. The van der Waals surface area contributed by atoms with Crippen molar-refractivity contribution in [1.82, 2.24) is 5.32 Å². The zero-order chi connectivity index (χ0) is 12.3. The second-order valence-corrected chi connectivity index (χ2v) is 4.40. The minimum absolute atomic E-state index is 0.503. The number of ether oxygens (including phenoxy) is 1. The van der Waals surface area contributed by atoms with Crippen LogP contribution in [0.4, 0.5) is 0 Å². The average molecular weight is 235 g/mol. The fraction of sp³-hybridized carbons (Fsp3) is 0.600. The summed E-state index contributed by atoms with van der Waals surface area (Å²) >= 11 is 0. The molecule has 1 unspecified atom stereocenters. The molecule has 1 rings (SSSR count). The smallest absolute Gasteiger partial charge is 0.0717 e. The highest BCUT2D eigenvalue weighted by Gasteiger charge is 2.06. The van der Waals surface area contributed by atoms with Gasteiger partial charge in [-0.2, -0.15) is 0 Å². The molecule has 96 valence electrons. The summed E-state index contributed by atoms with van der Waals surface area (Å²) < 4.78 is 5.77. The quantitative estimate of drug-likeness (QED) is 0.708. The van der Waals surface area contributed by atoms with Crippen molar-refractivity contribution >= 4 is 0 Å². The van der Waals surface area contributed by atoms with Crippen molar-refractivity contribution in [3.63, 3.8) is 0 Å². The second-order valence-electron chi connectivity index (χ2n) is 4.40. The Kier molecular flexibility index (Phi) is 7.69. The standard InChI is InChI=1S/C15H25NO/c1-3-5-11-15(16-4-2)13-17-12-14-9-7-6-8-10-14/h6-10,15-16H,3-5,11-13H2,1-2H3. The zero-order valence-electron chi connectivity index (χ0n) is 11.1. The van der Waals surface area contributed by atoms with Gasteiger partial charge in [0, 0.05) is 6.04 Å². The molecular weight excluding hydrogens is 210 g/mol. The Bertz CT molecular complexity index is 274. The third-order valence-electron chi connectivity index (χ3n) is 2.83. The van der Waals surface area contributed by atoms with E-state index in [9.17, 15) is 0 Å². The summed E-state index contributed by atoms with van der Waals surface area (Å²) in [5, 5.41) is 3.48. The number of hydrogen-bond donors (Lipinski definition) is 1. The number of nitrogens with one attached hydrogen (secondary N) is 1. The molecule has 2 nitrogen and oxygen atoms in total. The molecule has 17 heavy (non-hydrogen) atoms. The summed E-state index contributed by atoms with van der Waals surface area (Å²) in [5.74, 6) is 0. The summed E-state index contributed by atoms with van der Waals surface area (Å²) in [6.45, 7) is 6.92. The van der Waals surface area contributed by atoms with E-state index < -0.39 is 0 Å². The predicted molar refractivity (Wildman–Crippen MR) is 73.1 cm³/mol. The number of benzene rings is 1. The lowest BCUT2D eigenvalue weighted by molar-refractivity contribution is 0.0961. The maximum absolute atomic E-state index is 5.77. The first-order chi connectivity index (χ1) is 8.36. The van der Waals surface area contributed by atoms with Gasteiger partial charge in [0.2, 0.25) is 0 Å². The van der Waals surface area contributed by atoms with Crippen LogP contribution in [0.1, 0.15) is 38.7 Å². The second kappa shape index (κ2) is 9.20. The van der Waals surface area contributed by atoms with Crippen LogP contribution in [0, 0.1) is 0 Å². The van der Waals surface area contributed by atoms with Crippen LogP contribution in [0.2, 0.25) is 0 Å². The van der Waals surface area contributed by atoms with Crippen LogP contribution in [-0.4, -0.2) is 19.2 Å². The Balaban J connectivity index is 2.22. The van der Waals surface area contributed by atoms with Gasteiger partial charge in [0.15, 0.2) is 0 Å². The van der Waals surface area contributed by atoms with E-state index in [1.165, 1.54) is 24.8 Å². The Morgan fingerprint density at radius 2 is 1.94 bits per heavy atom. The van der Waals surface area contributed by atoms with Gasteiger partial charge in [0.05, 0.1) is 13.2 Å². The number of likely N-dealkylation sites (N-methyl/N-ethyl adjacent to an activating group) is 1. The first kappa shape index (κ1) is 14.2. The van der Waals surface area contributed by atoms with Gasteiger partial charge in [-0.1, -0.05) is 57.0 Å². The minimum Gasteiger partial charge on any atom is -0.375 e. The van der Waals surface area contributed by atoms with Crippen LogP contribution in [-0.2, 0) is 11.3 Å². The summed E-state index contributed by atoms with van der Waals surface area (Å²) in [4.78, 5) is 0. The van der Waals surface area contributed by atoms with E-state index in [0.29, 0.717) is 6.04 Å². The van der Waals surface area contributed by atoms with Gasteiger partial charge in [-0.25, -0.2) is 0 Å². The molecule has 0 aliphatic carbocycles. The van der Waals surface area contributed by atoms with Gasteiger partial charge >= 0.3 is 0 Å². The fourth-order valence-electron chi connectivity index (χ4n) is 1.88. The van der Waals surface area contributed by atoms with Crippen LogP contribution in [0.15, 0.2) is 30.3 Å².